The van der Waals surface area contributed by atoms with Crippen molar-refractivity contribution in [1.29, 1.82) is 0 Å². The fourth-order valence-corrected chi connectivity index (χ4v) is 1.49. The van der Waals surface area contributed by atoms with Crippen molar-refractivity contribution in [3.63, 3.8) is 0 Å². The van der Waals surface area contributed by atoms with E-state index in [0.29, 0.717) is 6.42 Å². The van der Waals surface area contributed by atoms with E-state index in [4.69, 9.17) is 4.74 Å². The number of carbonyl (C=O) groups is 1. The maximum atomic E-state index is 10.9. The van der Waals surface area contributed by atoms with E-state index in [1.54, 1.807) is 0 Å². The van der Waals surface area contributed by atoms with Crippen LogP contribution in [0, 0.1) is 0 Å². The fourth-order valence-electron chi connectivity index (χ4n) is 1.49. The molecular formula is C11H13N3O2. The zero-order valence-electron chi connectivity index (χ0n) is 9.25. The SMILES string of the molecule is CCC(OC(C)=O)n1nc2ccccc2n1. The molecule has 1 aromatic heterocycles. The lowest BCUT2D eigenvalue weighted by molar-refractivity contribution is -0.152. The van der Waals surface area contributed by atoms with Gasteiger partial charge >= 0.3 is 5.97 Å². The van der Waals surface area contributed by atoms with E-state index in [9.17, 15) is 4.79 Å². The smallest absolute Gasteiger partial charge is 0.304 e. The van der Waals surface area contributed by atoms with E-state index < -0.39 is 6.23 Å². The second kappa shape index (κ2) is 4.30. The van der Waals surface area contributed by atoms with Crippen LogP contribution in [0.25, 0.3) is 11.0 Å². The summed E-state index contributed by atoms with van der Waals surface area (Å²) >= 11 is 0. The van der Waals surface area contributed by atoms with Gasteiger partial charge < -0.3 is 4.74 Å². The molecule has 0 fully saturated rings. The Morgan fingerprint density at radius 3 is 2.38 bits per heavy atom. The fraction of sp³-hybridized carbons (Fsp3) is 0.364. The van der Waals surface area contributed by atoms with Crippen molar-refractivity contribution >= 4 is 17.0 Å². The number of fused-ring (bicyclic) bond motifs is 1. The van der Waals surface area contributed by atoms with Gasteiger partial charge in [0.25, 0.3) is 0 Å². The predicted molar refractivity (Wildman–Crippen MR) is 58.6 cm³/mol. The van der Waals surface area contributed by atoms with Gasteiger partial charge in [-0.15, -0.1) is 15.0 Å². The molecule has 84 valence electrons. The predicted octanol–water partition coefficient (Wildman–Crippen LogP) is 1.90. The van der Waals surface area contributed by atoms with E-state index in [-0.39, 0.29) is 5.97 Å². The standard InChI is InChI=1S/C11H13N3O2/c1-3-11(16-8(2)15)14-12-9-6-4-5-7-10(9)13-14/h4-7,11H,3H2,1-2H3. The van der Waals surface area contributed by atoms with Gasteiger partial charge in [0.15, 0.2) is 0 Å². The number of benzene rings is 1. The number of hydrogen-bond donors (Lipinski definition) is 0. The van der Waals surface area contributed by atoms with Gasteiger partial charge in [-0.05, 0) is 12.1 Å². The molecule has 0 spiro atoms. The Balaban J connectivity index is 2.34. The quantitative estimate of drug-likeness (QED) is 0.740. The molecule has 1 atom stereocenters. The molecule has 0 aliphatic heterocycles. The van der Waals surface area contributed by atoms with Gasteiger partial charge in [-0.1, -0.05) is 19.1 Å². The highest BCUT2D eigenvalue weighted by Gasteiger charge is 2.14. The molecule has 5 nitrogen and oxygen atoms in total. The van der Waals surface area contributed by atoms with Crippen molar-refractivity contribution in [3.05, 3.63) is 24.3 Å². The molecule has 0 radical (unpaired) electrons. The minimum absolute atomic E-state index is 0.326. The average Bonchev–Trinajstić information content (AvgIpc) is 2.68. The third-order valence-electron chi connectivity index (χ3n) is 2.21. The van der Waals surface area contributed by atoms with Crippen molar-refractivity contribution in [1.82, 2.24) is 15.0 Å². The van der Waals surface area contributed by atoms with E-state index >= 15 is 0 Å². The number of carbonyl (C=O) groups excluding carboxylic acids is 1. The van der Waals surface area contributed by atoms with Crippen LogP contribution in [0.4, 0.5) is 0 Å². The minimum atomic E-state index is -0.426. The molecule has 1 aromatic carbocycles. The zero-order valence-corrected chi connectivity index (χ0v) is 9.25. The van der Waals surface area contributed by atoms with Crippen LogP contribution in [0.2, 0.25) is 0 Å². The number of ether oxygens (including phenoxy) is 1. The van der Waals surface area contributed by atoms with Gasteiger partial charge in [0.2, 0.25) is 6.23 Å². The molecule has 1 heterocycles. The zero-order chi connectivity index (χ0) is 11.5. The van der Waals surface area contributed by atoms with Crippen molar-refractivity contribution in [2.24, 2.45) is 0 Å². The monoisotopic (exact) mass is 219 g/mol. The molecule has 0 saturated carbocycles. The van der Waals surface area contributed by atoms with Gasteiger partial charge in [0.05, 0.1) is 0 Å². The first kappa shape index (κ1) is 10.6. The Morgan fingerprint density at radius 2 is 1.94 bits per heavy atom. The normalized spacial score (nSPS) is 12.6. The minimum Gasteiger partial charge on any atom is -0.438 e. The summed E-state index contributed by atoms with van der Waals surface area (Å²) in [7, 11) is 0. The number of esters is 1. The molecule has 2 rings (SSSR count). The molecule has 0 aliphatic rings. The molecule has 5 heteroatoms. The number of aromatic nitrogens is 3. The average molecular weight is 219 g/mol. The van der Waals surface area contributed by atoms with Gasteiger partial charge in [-0.3, -0.25) is 4.79 Å². The highest BCUT2D eigenvalue weighted by Crippen LogP contribution is 2.14. The summed E-state index contributed by atoms with van der Waals surface area (Å²) in [6.07, 6.45) is 0.213. The maximum Gasteiger partial charge on any atom is 0.304 e. The Bertz CT molecular complexity index is 474. The van der Waals surface area contributed by atoms with E-state index in [2.05, 4.69) is 10.2 Å². The second-order valence-corrected chi connectivity index (χ2v) is 3.48. The Labute approximate surface area is 93.0 Å². The second-order valence-electron chi connectivity index (χ2n) is 3.48. The molecule has 2 aromatic rings. The Hall–Kier alpha value is -1.91. The summed E-state index contributed by atoms with van der Waals surface area (Å²) in [4.78, 5) is 12.4. The highest BCUT2D eigenvalue weighted by atomic mass is 16.6. The molecule has 0 amide bonds. The van der Waals surface area contributed by atoms with Gasteiger partial charge in [-0.25, -0.2) is 0 Å². The molecule has 16 heavy (non-hydrogen) atoms. The van der Waals surface area contributed by atoms with Crippen LogP contribution in [-0.4, -0.2) is 21.0 Å². The summed E-state index contributed by atoms with van der Waals surface area (Å²) in [6, 6.07) is 7.54. The van der Waals surface area contributed by atoms with Gasteiger partial charge in [0, 0.05) is 13.3 Å². The van der Waals surface area contributed by atoms with Gasteiger partial charge in [0.1, 0.15) is 11.0 Å². The summed E-state index contributed by atoms with van der Waals surface area (Å²) < 4.78 is 5.11. The van der Waals surface area contributed by atoms with Gasteiger partial charge in [-0.2, -0.15) is 0 Å². The first-order chi connectivity index (χ1) is 7.70. The number of rotatable bonds is 3. The van der Waals surface area contributed by atoms with Crippen LogP contribution in [0.5, 0.6) is 0 Å². The van der Waals surface area contributed by atoms with Crippen LogP contribution in [0.1, 0.15) is 26.5 Å². The van der Waals surface area contributed by atoms with Crippen molar-refractivity contribution in [2.45, 2.75) is 26.5 Å². The van der Waals surface area contributed by atoms with Crippen LogP contribution in [0.3, 0.4) is 0 Å². The Morgan fingerprint density at radius 1 is 1.38 bits per heavy atom. The third-order valence-corrected chi connectivity index (χ3v) is 2.21. The first-order valence-corrected chi connectivity index (χ1v) is 5.19. The van der Waals surface area contributed by atoms with E-state index in [1.807, 2.05) is 31.2 Å². The summed E-state index contributed by atoms with van der Waals surface area (Å²) in [5.41, 5.74) is 1.60. The molecule has 0 bridgehead atoms. The number of hydrogen-bond acceptors (Lipinski definition) is 4. The van der Waals surface area contributed by atoms with Crippen LogP contribution < -0.4 is 0 Å². The molecule has 0 N–H and O–H groups in total. The molecule has 1 unspecified atom stereocenters. The number of nitrogens with zero attached hydrogens (tertiary/aromatic N) is 3. The first-order valence-electron chi connectivity index (χ1n) is 5.19. The lowest BCUT2D eigenvalue weighted by Crippen LogP contribution is -2.17. The topological polar surface area (TPSA) is 57.0 Å². The molecule has 0 saturated heterocycles. The maximum absolute atomic E-state index is 10.9. The van der Waals surface area contributed by atoms with E-state index in [0.717, 1.165) is 11.0 Å². The van der Waals surface area contributed by atoms with E-state index in [1.165, 1.54) is 11.7 Å². The van der Waals surface area contributed by atoms with Crippen molar-refractivity contribution < 1.29 is 9.53 Å². The molecule has 0 aliphatic carbocycles. The lowest BCUT2D eigenvalue weighted by atomic mass is 10.3. The van der Waals surface area contributed by atoms with Crippen LogP contribution >= 0.6 is 0 Å². The largest absolute Gasteiger partial charge is 0.438 e. The van der Waals surface area contributed by atoms with Crippen molar-refractivity contribution in [2.75, 3.05) is 0 Å². The van der Waals surface area contributed by atoms with Crippen molar-refractivity contribution in [3.8, 4) is 0 Å². The summed E-state index contributed by atoms with van der Waals surface area (Å²) in [5.74, 6) is -0.326. The summed E-state index contributed by atoms with van der Waals surface area (Å²) in [5, 5.41) is 8.53. The lowest BCUT2D eigenvalue weighted by Gasteiger charge is -2.13. The third kappa shape index (κ3) is 2.03. The van der Waals surface area contributed by atoms with Crippen LogP contribution in [0.15, 0.2) is 24.3 Å². The Kier molecular flexibility index (Phi) is 2.85. The van der Waals surface area contributed by atoms with Crippen LogP contribution in [-0.2, 0) is 9.53 Å². The summed E-state index contributed by atoms with van der Waals surface area (Å²) in [6.45, 7) is 3.30. The highest BCUT2D eigenvalue weighted by molar-refractivity contribution is 5.73. The molecular weight excluding hydrogens is 206 g/mol.